The van der Waals surface area contributed by atoms with Gasteiger partial charge in [0.05, 0.1) is 32.3 Å². The number of H-pyrrole nitrogens is 1. The van der Waals surface area contributed by atoms with Crippen LogP contribution in [0.3, 0.4) is 0 Å². The smallest absolute Gasteiger partial charge is 0.350 e. The number of aromatic amines is 1. The van der Waals surface area contributed by atoms with Crippen molar-refractivity contribution in [2.24, 2.45) is 0 Å². The minimum Gasteiger partial charge on any atom is -0.465 e. The van der Waals surface area contributed by atoms with Crippen molar-refractivity contribution in [3.8, 4) is 0 Å². The molecule has 0 radical (unpaired) electrons. The Labute approximate surface area is 232 Å². The number of rotatable bonds is 4. The van der Waals surface area contributed by atoms with Crippen molar-refractivity contribution in [1.82, 2.24) is 19.8 Å². The molecule has 0 aliphatic carbocycles. The maximum Gasteiger partial charge on any atom is 0.350 e. The van der Waals surface area contributed by atoms with Crippen molar-refractivity contribution in [1.29, 1.82) is 0 Å². The molecule has 0 aliphatic heterocycles. The summed E-state index contributed by atoms with van der Waals surface area (Å²) in [5, 5.41) is 0. The van der Waals surface area contributed by atoms with Gasteiger partial charge in [-0.3, -0.25) is 14.4 Å². The zero-order valence-electron chi connectivity index (χ0n) is 20.0. The number of nitrogen functional groups attached to an aromatic ring is 1. The maximum absolute atomic E-state index is 11.7. The summed E-state index contributed by atoms with van der Waals surface area (Å²) in [6, 6.07) is 3.45. The van der Waals surface area contributed by atoms with Crippen LogP contribution in [-0.2, 0) is 20.7 Å². The number of thiophene rings is 2. The van der Waals surface area contributed by atoms with Gasteiger partial charge >= 0.3 is 11.9 Å². The normalized spacial score (nSPS) is 9.72. The number of esters is 1. The average Bonchev–Trinajstić information content (AvgIpc) is 3.34. The third kappa shape index (κ3) is 9.69. The van der Waals surface area contributed by atoms with Crippen LogP contribution in [0.1, 0.15) is 15.5 Å². The zero-order chi connectivity index (χ0) is 27.6. The first-order chi connectivity index (χ1) is 16.8. The summed E-state index contributed by atoms with van der Waals surface area (Å²) in [6.07, 6.45) is 0.103. The molecule has 0 saturated heterocycles. The van der Waals surface area contributed by atoms with Crippen LogP contribution in [0.15, 0.2) is 24.5 Å². The Morgan fingerprint density at radius 1 is 1.11 bits per heavy atom. The summed E-state index contributed by atoms with van der Waals surface area (Å²) < 4.78 is 6.75. The van der Waals surface area contributed by atoms with Crippen LogP contribution in [-0.4, -0.2) is 79.4 Å². The van der Waals surface area contributed by atoms with Gasteiger partial charge in [0.25, 0.3) is 12.1 Å². The number of halogens is 2. The highest BCUT2D eigenvalue weighted by molar-refractivity contribution is 9.11. The lowest BCUT2D eigenvalue weighted by Crippen LogP contribution is -2.25. The van der Waals surface area contributed by atoms with E-state index in [2.05, 4.69) is 51.4 Å². The molecule has 0 fully saturated rings. The number of anilines is 1. The first kappa shape index (κ1) is 31.2. The summed E-state index contributed by atoms with van der Waals surface area (Å²) in [4.78, 5) is 57.8. The molecule has 3 N–H and O–H groups in total. The van der Waals surface area contributed by atoms with E-state index in [1.807, 2.05) is 0 Å². The Balaban J connectivity index is 0.000000295. The van der Waals surface area contributed by atoms with Gasteiger partial charge in [-0.2, -0.15) is 0 Å². The molecule has 15 heteroatoms. The molecule has 3 aromatic heterocycles. The van der Waals surface area contributed by atoms with E-state index in [4.69, 9.17) is 12.3 Å². The second kappa shape index (κ2) is 14.7. The van der Waals surface area contributed by atoms with Gasteiger partial charge in [-0.15, -0.1) is 22.7 Å². The van der Waals surface area contributed by atoms with E-state index in [-0.39, 0.29) is 30.3 Å². The van der Waals surface area contributed by atoms with E-state index in [0.717, 1.165) is 7.57 Å². The molecule has 0 atom stereocenters. The number of fused-ring (bicyclic) bond motifs is 1. The van der Waals surface area contributed by atoms with Crippen LogP contribution in [0, 0.1) is 6.57 Å². The highest BCUT2D eigenvalue weighted by atomic mass is 79.9. The summed E-state index contributed by atoms with van der Waals surface area (Å²) in [6.45, 7) is 6.27. The summed E-state index contributed by atoms with van der Waals surface area (Å²) in [7, 11) is 7.93. The Morgan fingerprint density at radius 3 is 2.14 bits per heavy atom. The van der Waals surface area contributed by atoms with E-state index in [9.17, 15) is 19.2 Å². The molecular formula is C21H24Br2N6O5S2. The molecule has 0 saturated carbocycles. The number of methoxy groups -OCH3 is 1. The van der Waals surface area contributed by atoms with E-state index in [1.165, 1.54) is 39.6 Å². The number of nitrogens with zero attached hydrogens (tertiary/aromatic N) is 4. The van der Waals surface area contributed by atoms with Gasteiger partial charge in [-0.05, 0) is 44.0 Å². The molecule has 194 valence electrons. The van der Waals surface area contributed by atoms with E-state index in [1.54, 1.807) is 40.3 Å². The molecule has 0 spiro atoms. The number of hydrogen-bond donors (Lipinski definition) is 2. The fourth-order valence-electron chi connectivity index (χ4n) is 2.18. The topological polar surface area (TPSA) is 143 Å². The first-order valence-corrected chi connectivity index (χ1v) is 13.1. The van der Waals surface area contributed by atoms with Crippen LogP contribution >= 0.6 is 54.5 Å². The summed E-state index contributed by atoms with van der Waals surface area (Å²) in [5.41, 5.74) is 6.37. The monoisotopic (exact) mass is 662 g/mol. The summed E-state index contributed by atoms with van der Waals surface area (Å²) >= 11 is 9.11. The molecule has 0 aliphatic rings. The van der Waals surface area contributed by atoms with Crippen molar-refractivity contribution in [3.05, 3.63) is 52.2 Å². The Morgan fingerprint density at radius 2 is 1.69 bits per heavy atom. The van der Waals surface area contributed by atoms with Gasteiger partial charge in [0, 0.05) is 28.2 Å². The van der Waals surface area contributed by atoms with Crippen molar-refractivity contribution in [3.63, 3.8) is 0 Å². The number of aromatic nitrogens is 2. The lowest BCUT2D eigenvalue weighted by molar-refractivity contribution is -0.128. The number of likely N-dealkylation sites (N-methyl/N-ethyl adjacent to an activating group) is 2. The molecule has 0 aromatic carbocycles. The standard InChI is InChI=1S/C10H10BrN3O2S.C6H6BrNO2S.C5H8N2O/c1-14(2)8(15)4-7-12-5-3-6(11)17-9(5)10(16)13-7;1-10-6(9)5-3(8)2-4(7)11-5;1-6-4-5(8)7(2)3/h3H,4H2,1-2H3,(H,12,13,16);2H,8H2,1H3;4H2,2-3H3. The van der Waals surface area contributed by atoms with Gasteiger partial charge in [-0.25, -0.2) is 16.4 Å². The third-order valence-corrected chi connectivity index (χ3v) is 7.29. The number of hydrogen-bond acceptors (Lipinski definition) is 9. The fourth-order valence-corrected chi connectivity index (χ4v) is 5.06. The van der Waals surface area contributed by atoms with Crippen molar-refractivity contribution in [2.45, 2.75) is 6.42 Å². The highest BCUT2D eigenvalue weighted by Crippen LogP contribution is 2.29. The van der Waals surface area contributed by atoms with Gasteiger partial charge in [0.2, 0.25) is 5.91 Å². The number of carbonyl (C=O) groups is 3. The van der Waals surface area contributed by atoms with Crippen molar-refractivity contribution >= 4 is 88.2 Å². The molecular weight excluding hydrogens is 640 g/mol. The van der Waals surface area contributed by atoms with E-state index >= 15 is 0 Å². The number of amides is 2. The Bertz CT molecular complexity index is 1330. The minimum atomic E-state index is -0.391. The van der Waals surface area contributed by atoms with E-state index < -0.39 is 5.97 Å². The van der Waals surface area contributed by atoms with Crippen LogP contribution in [0.25, 0.3) is 15.1 Å². The Kier molecular flexibility index (Phi) is 12.7. The Hall–Kier alpha value is -2.80. The zero-order valence-corrected chi connectivity index (χ0v) is 24.9. The molecule has 3 heterocycles. The quantitative estimate of drug-likeness (QED) is 0.322. The predicted octanol–water partition coefficient (Wildman–Crippen LogP) is 3.25. The van der Waals surface area contributed by atoms with Crippen LogP contribution in [0.4, 0.5) is 5.69 Å². The van der Waals surface area contributed by atoms with E-state index in [0.29, 0.717) is 26.6 Å². The number of nitrogens with two attached hydrogens (primary N) is 1. The van der Waals surface area contributed by atoms with Crippen LogP contribution in [0.5, 0.6) is 0 Å². The fraction of sp³-hybridized carbons (Fsp3) is 0.333. The molecule has 0 bridgehead atoms. The average molecular weight is 664 g/mol. The molecule has 0 unspecified atom stereocenters. The third-order valence-electron chi connectivity index (χ3n) is 4.03. The summed E-state index contributed by atoms with van der Waals surface area (Å²) in [5.74, 6) is -0.230. The largest absolute Gasteiger partial charge is 0.465 e. The second-order valence-corrected chi connectivity index (χ2v) is 12.0. The lowest BCUT2D eigenvalue weighted by atomic mass is 10.3. The molecule has 2 amide bonds. The molecule has 11 nitrogen and oxygen atoms in total. The van der Waals surface area contributed by atoms with Gasteiger partial charge in [-0.1, -0.05) is 0 Å². The first-order valence-electron chi connectivity index (χ1n) is 9.85. The molecule has 36 heavy (non-hydrogen) atoms. The van der Waals surface area contributed by atoms with Crippen molar-refractivity contribution < 1.29 is 19.1 Å². The van der Waals surface area contributed by atoms with Crippen LogP contribution in [0.2, 0.25) is 0 Å². The predicted molar refractivity (Wildman–Crippen MR) is 148 cm³/mol. The van der Waals surface area contributed by atoms with Gasteiger partial charge < -0.3 is 30.1 Å². The molecule has 3 rings (SSSR count). The number of carbonyl (C=O) groups excluding carboxylic acids is 3. The SMILES string of the molecule is CN(C)C(=O)Cc1nc2cc(Br)sc2c(=O)[nH]1.COC(=O)c1sc(Br)cc1N.[C-]#[N+]CC(=O)N(C)C. The van der Waals surface area contributed by atoms with Crippen molar-refractivity contribution in [2.75, 3.05) is 47.6 Å². The maximum atomic E-state index is 11.7. The minimum absolute atomic E-state index is 0.0347. The number of nitrogens with one attached hydrogen (secondary N) is 1. The lowest BCUT2D eigenvalue weighted by Gasteiger charge is -2.09. The van der Waals surface area contributed by atoms with Gasteiger partial charge in [0.15, 0.2) is 0 Å². The van der Waals surface area contributed by atoms with Crippen LogP contribution < -0.4 is 11.3 Å². The van der Waals surface area contributed by atoms with Gasteiger partial charge in [0.1, 0.15) is 15.4 Å². The molecule has 3 aromatic rings. The number of ether oxygens (including phenoxy) is 1. The highest BCUT2D eigenvalue weighted by Gasteiger charge is 2.13. The second-order valence-electron chi connectivity index (χ2n) is 7.17.